The molecule has 0 amide bonds. The van der Waals surface area contributed by atoms with Crippen molar-refractivity contribution in [3.63, 3.8) is 0 Å². The molecule has 1 atom stereocenters. The molecule has 2 rings (SSSR count). The third-order valence-corrected chi connectivity index (χ3v) is 4.26. The Balaban J connectivity index is 2.10. The van der Waals surface area contributed by atoms with Gasteiger partial charge in [-0.3, -0.25) is 0 Å². The lowest BCUT2D eigenvalue weighted by atomic mass is 9.77. The average molecular weight is 272 g/mol. The molecule has 1 aromatic carbocycles. The molecular formula is C15H19F3O. The van der Waals surface area contributed by atoms with Crippen molar-refractivity contribution in [1.29, 1.82) is 0 Å². The topological polar surface area (TPSA) is 20.2 Å². The highest BCUT2D eigenvalue weighted by atomic mass is 19.2. The van der Waals surface area contributed by atoms with E-state index in [-0.39, 0.29) is 11.5 Å². The van der Waals surface area contributed by atoms with Gasteiger partial charge in [0.25, 0.3) is 0 Å². The van der Waals surface area contributed by atoms with Crippen LogP contribution in [0, 0.1) is 29.3 Å². The van der Waals surface area contributed by atoms with E-state index in [2.05, 4.69) is 6.92 Å². The van der Waals surface area contributed by atoms with Crippen LogP contribution in [0.2, 0.25) is 0 Å². The van der Waals surface area contributed by atoms with Crippen LogP contribution in [0.25, 0.3) is 0 Å². The van der Waals surface area contributed by atoms with Crippen molar-refractivity contribution in [2.24, 2.45) is 11.8 Å². The predicted molar refractivity (Wildman–Crippen MR) is 67.0 cm³/mol. The minimum Gasteiger partial charge on any atom is -0.388 e. The largest absolute Gasteiger partial charge is 0.388 e. The first-order valence-electron chi connectivity index (χ1n) is 6.85. The predicted octanol–water partition coefficient (Wildman–Crippen LogP) is 4.35. The smallest absolute Gasteiger partial charge is 0.194 e. The highest BCUT2D eigenvalue weighted by Gasteiger charge is 2.27. The Morgan fingerprint density at radius 2 is 1.63 bits per heavy atom. The van der Waals surface area contributed by atoms with E-state index in [4.69, 9.17) is 0 Å². The molecule has 1 N–H and O–H groups in total. The maximum Gasteiger partial charge on any atom is 0.194 e. The lowest BCUT2D eigenvalue weighted by molar-refractivity contribution is 0.0723. The van der Waals surface area contributed by atoms with Crippen molar-refractivity contribution >= 4 is 0 Å². The first-order valence-corrected chi connectivity index (χ1v) is 6.85. The van der Waals surface area contributed by atoms with Gasteiger partial charge in [0.05, 0.1) is 6.10 Å². The van der Waals surface area contributed by atoms with Crippen LogP contribution in [-0.4, -0.2) is 5.11 Å². The zero-order valence-electron chi connectivity index (χ0n) is 11.0. The van der Waals surface area contributed by atoms with Crippen molar-refractivity contribution in [2.75, 3.05) is 0 Å². The third kappa shape index (κ3) is 3.11. The Morgan fingerprint density at radius 3 is 2.11 bits per heavy atom. The van der Waals surface area contributed by atoms with Gasteiger partial charge in [-0.1, -0.05) is 26.2 Å². The minimum absolute atomic E-state index is 0.00654. The zero-order chi connectivity index (χ0) is 14.0. The number of rotatable bonds is 3. The fraction of sp³-hybridized carbons (Fsp3) is 0.600. The number of halogens is 3. The average Bonchev–Trinajstić information content (AvgIpc) is 2.43. The normalized spacial score (nSPS) is 25.3. The maximum absolute atomic E-state index is 13.2. The number of aliphatic hydroxyl groups is 1. The van der Waals surface area contributed by atoms with Crippen LogP contribution in [-0.2, 0) is 0 Å². The first-order chi connectivity index (χ1) is 9.02. The molecule has 1 unspecified atom stereocenters. The van der Waals surface area contributed by atoms with E-state index in [0.29, 0.717) is 5.92 Å². The molecule has 1 aliphatic rings. The summed E-state index contributed by atoms with van der Waals surface area (Å²) < 4.78 is 39.2. The molecule has 0 spiro atoms. The summed E-state index contributed by atoms with van der Waals surface area (Å²) in [6.45, 7) is 2.14. The fourth-order valence-electron chi connectivity index (χ4n) is 2.93. The highest BCUT2D eigenvalue weighted by molar-refractivity contribution is 5.22. The van der Waals surface area contributed by atoms with Gasteiger partial charge in [0.15, 0.2) is 17.5 Å². The van der Waals surface area contributed by atoms with E-state index in [9.17, 15) is 18.3 Å². The summed E-state index contributed by atoms with van der Waals surface area (Å²) in [7, 11) is 0. The van der Waals surface area contributed by atoms with Gasteiger partial charge in [-0.25, -0.2) is 13.2 Å². The lowest BCUT2D eigenvalue weighted by Gasteiger charge is -2.31. The van der Waals surface area contributed by atoms with Crippen LogP contribution in [0.5, 0.6) is 0 Å². The van der Waals surface area contributed by atoms with Crippen LogP contribution >= 0.6 is 0 Å². The molecule has 0 aromatic heterocycles. The molecule has 1 fully saturated rings. The Kier molecular flexibility index (Phi) is 4.50. The Bertz CT molecular complexity index is 416. The maximum atomic E-state index is 13.2. The van der Waals surface area contributed by atoms with E-state index >= 15 is 0 Å². The SMILES string of the molecule is CCC1CCC(C(O)c2cc(F)c(F)c(F)c2)CC1. The van der Waals surface area contributed by atoms with Gasteiger partial charge in [0.2, 0.25) is 0 Å². The zero-order valence-corrected chi connectivity index (χ0v) is 11.0. The van der Waals surface area contributed by atoms with E-state index in [1.54, 1.807) is 0 Å². The van der Waals surface area contributed by atoms with Crippen molar-refractivity contribution in [1.82, 2.24) is 0 Å². The minimum atomic E-state index is -1.48. The fourth-order valence-corrected chi connectivity index (χ4v) is 2.93. The number of aliphatic hydroxyl groups excluding tert-OH is 1. The summed E-state index contributed by atoms with van der Waals surface area (Å²) in [6.07, 6.45) is 3.97. The number of hydrogen-bond donors (Lipinski definition) is 1. The van der Waals surface area contributed by atoms with Gasteiger partial charge < -0.3 is 5.11 Å². The van der Waals surface area contributed by atoms with Gasteiger partial charge in [-0.05, 0) is 42.4 Å². The molecule has 1 nitrogen and oxygen atoms in total. The summed E-state index contributed by atoms with van der Waals surface area (Å²) in [5, 5.41) is 10.2. The van der Waals surface area contributed by atoms with Crippen LogP contribution in [0.1, 0.15) is 50.7 Å². The van der Waals surface area contributed by atoms with Crippen LogP contribution < -0.4 is 0 Å². The van der Waals surface area contributed by atoms with Crippen molar-refractivity contribution in [2.45, 2.75) is 45.1 Å². The van der Waals surface area contributed by atoms with E-state index in [1.807, 2.05) is 0 Å². The van der Waals surface area contributed by atoms with Crippen molar-refractivity contribution < 1.29 is 18.3 Å². The molecule has 0 aliphatic heterocycles. The molecule has 1 aliphatic carbocycles. The molecular weight excluding hydrogens is 253 g/mol. The summed E-state index contributed by atoms with van der Waals surface area (Å²) in [4.78, 5) is 0. The summed E-state index contributed by atoms with van der Waals surface area (Å²) in [5.74, 6) is -3.27. The molecule has 19 heavy (non-hydrogen) atoms. The molecule has 1 aromatic rings. The van der Waals surface area contributed by atoms with Gasteiger partial charge in [0, 0.05) is 0 Å². The second kappa shape index (κ2) is 5.95. The molecule has 0 saturated heterocycles. The standard InChI is InChI=1S/C15H19F3O/c1-2-9-3-5-10(6-4-9)15(19)11-7-12(16)14(18)13(17)8-11/h7-10,15,19H,2-6H2,1H3. The van der Waals surface area contributed by atoms with Gasteiger partial charge in [0.1, 0.15) is 0 Å². The van der Waals surface area contributed by atoms with Crippen LogP contribution in [0.4, 0.5) is 13.2 Å². The first kappa shape index (κ1) is 14.4. The van der Waals surface area contributed by atoms with Gasteiger partial charge in [-0.15, -0.1) is 0 Å². The van der Waals surface area contributed by atoms with E-state index in [1.165, 1.54) is 0 Å². The molecule has 1 saturated carbocycles. The molecule has 0 heterocycles. The van der Waals surface area contributed by atoms with E-state index in [0.717, 1.165) is 44.2 Å². The molecule has 0 radical (unpaired) electrons. The third-order valence-electron chi connectivity index (χ3n) is 4.26. The molecule has 4 heteroatoms. The molecule has 0 bridgehead atoms. The second-order valence-electron chi connectivity index (χ2n) is 5.43. The Labute approximate surface area is 111 Å². The van der Waals surface area contributed by atoms with Crippen molar-refractivity contribution in [3.8, 4) is 0 Å². The monoisotopic (exact) mass is 272 g/mol. The van der Waals surface area contributed by atoms with Gasteiger partial charge in [-0.2, -0.15) is 0 Å². The number of benzene rings is 1. The summed E-state index contributed by atoms with van der Waals surface area (Å²) >= 11 is 0. The van der Waals surface area contributed by atoms with Crippen LogP contribution in [0.3, 0.4) is 0 Å². The highest BCUT2D eigenvalue weighted by Crippen LogP contribution is 2.38. The van der Waals surface area contributed by atoms with E-state index < -0.39 is 23.6 Å². The number of hydrogen-bond acceptors (Lipinski definition) is 1. The van der Waals surface area contributed by atoms with Crippen LogP contribution in [0.15, 0.2) is 12.1 Å². The summed E-state index contributed by atoms with van der Waals surface area (Å²) in [5.41, 5.74) is 0.136. The quantitative estimate of drug-likeness (QED) is 0.811. The molecule has 106 valence electrons. The van der Waals surface area contributed by atoms with Crippen molar-refractivity contribution in [3.05, 3.63) is 35.1 Å². The Morgan fingerprint density at radius 1 is 1.11 bits per heavy atom. The lowest BCUT2D eigenvalue weighted by Crippen LogP contribution is -2.20. The Hall–Kier alpha value is -1.03. The second-order valence-corrected chi connectivity index (χ2v) is 5.43. The van der Waals surface area contributed by atoms with Gasteiger partial charge >= 0.3 is 0 Å². The summed E-state index contributed by atoms with van der Waals surface area (Å²) in [6, 6.07) is 1.80.